The number of benzene rings is 2. The van der Waals surface area contributed by atoms with E-state index < -0.39 is 10.7 Å². The van der Waals surface area contributed by atoms with Crippen molar-refractivity contribution < 1.29 is 18.8 Å². The van der Waals surface area contributed by atoms with E-state index in [2.05, 4.69) is 15.9 Å². The van der Waals surface area contributed by atoms with E-state index in [1.54, 1.807) is 6.07 Å². The van der Waals surface area contributed by atoms with Gasteiger partial charge in [-0.05, 0) is 52.2 Å². The van der Waals surface area contributed by atoms with Gasteiger partial charge in [0.1, 0.15) is 11.6 Å². The third-order valence-electron chi connectivity index (χ3n) is 3.72. The molecular weight excluding hydrogens is 383 g/mol. The fraction of sp³-hybridized carbons (Fsp3) is 0.188. The highest BCUT2D eigenvalue weighted by molar-refractivity contribution is 9.10. The van der Waals surface area contributed by atoms with Crippen molar-refractivity contribution in [2.75, 3.05) is 18.1 Å². The molecule has 24 heavy (non-hydrogen) atoms. The number of fused-ring (bicyclic) bond motifs is 1. The maximum absolute atomic E-state index is 13.0. The molecule has 1 amide bonds. The first-order chi connectivity index (χ1) is 11.5. The molecule has 0 atom stereocenters. The number of hydrogen-bond donors (Lipinski definition) is 0. The lowest BCUT2D eigenvalue weighted by atomic mass is 10.1. The van der Waals surface area contributed by atoms with Crippen LogP contribution in [-0.4, -0.2) is 24.0 Å². The van der Waals surface area contributed by atoms with Crippen LogP contribution in [0.15, 0.2) is 40.9 Å². The van der Waals surface area contributed by atoms with Crippen LogP contribution < -0.4 is 9.64 Å². The van der Waals surface area contributed by atoms with E-state index in [0.717, 1.165) is 5.56 Å². The third-order valence-corrected chi connectivity index (χ3v) is 4.34. The summed E-state index contributed by atoms with van der Waals surface area (Å²) in [7, 11) is 0. The predicted molar refractivity (Wildman–Crippen MR) is 88.7 cm³/mol. The summed E-state index contributed by atoms with van der Waals surface area (Å²) in [6.45, 7) is 0.240. The molecular formula is C16H12BrFN2O4. The summed E-state index contributed by atoms with van der Waals surface area (Å²) >= 11 is 3.17. The van der Waals surface area contributed by atoms with E-state index in [0.29, 0.717) is 28.9 Å². The number of anilines is 1. The third kappa shape index (κ3) is 3.23. The molecule has 0 aliphatic carbocycles. The lowest BCUT2D eigenvalue weighted by Gasteiger charge is -2.17. The Morgan fingerprint density at radius 1 is 1.33 bits per heavy atom. The highest BCUT2D eigenvalue weighted by Gasteiger charge is 2.26. The summed E-state index contributed by atoms with van der Waals surface area (Å²) in [5, 5.41) is 10.8. The van der Waals surface area contributed by atoms with Crippen LogP contribution in [0.1, 0.15) is 5.56 Å². The smallest absolute Gasteiger partial charge is 0.269 e. The molecule has 0 radical (unpaired) electrons. The molecule has 124 valence electrons. The number of nitro benzene ring substituents is 1. The van der Waals surface area contributed by atoms with Gasteiger partial charge in [0.05, 0.1) is 9.40 Å². The zero-order valence-electron chi connectivity index (χ0n) is 12.4. The van der Waals surface area contributed by atoms with Crippen molar-refractivity contribution in [1.29, 1.82) is 0 Å². The Morgan fingerprint density at radius 3 is 2.83 bits per heavy atom. The van der Waals surface area contributed by atoms with E-state index in [9.17, 15) is 19.3 Å². The number of nitrogens with zero attached hydrogens (tertiary/aromatic N) is 2. The normalized spacial score (nSPS) is 12.8. The van der Waals surface area contributed by atoms with Gasteiger partial charge < -0.3 is 9.64 Å². The molecule has 0 aromatic heterocycles. The van der Waals surface area contributed by atoms with Gasteiger partial charge in [-0.1, -0.05) is 0 Å². The van der Waals surface area contributed by atoms with Crippen LogP contribution in [0.2, 0.25) is 0 Å². The Labute approximate surface area is 145 Å². The van der Waals surface area contributed by atoms with Crippen molar-refractivity contribution in [2.45, 2.75) is 6.42 Å². The lowest BCUT2D eigenvalue weighted by Crippen LogP contribution is -2.33. The molecule has 8 heteroatoms. The van der Waals surface area contributed by atoms with Crippen LogP contribution in [0, 0.1) is 15.9 Å². The Hall–Kier alpha value is -2.48. The number of rotatable bonds is 4. The van der Waals surface area contributed by atoms with Crippen LogP contribution >= 0.6 is 15.9 Å². The first-order valence-corrected chi connectivity index (χ1v) is 7.90. The number of amides is 1. The SMILES string of the molecule is O=C(COc1ccc(F)cc1Br)N1CCc2cc([N+](=O)[O-])ccc21. The van der Waals surface area contributed by atoms with Crippen molar-refractivity contribution in [3.05, 3.63) is 62.4 Å². The van der Waals surface area contributed by atoms with Gasteiger partial charge in [-0.3, -0.25) is 14.9 Å². The topological polar surface area (TPSA) is 72.7 Å². The van der Waals surface area contributed by atoms with Crippen LogP contribution in [0.3, 0.4) is 0 Å². The molecule has 0 saturated heterocycles. The second kappa shape index (κ2) is 6.56. The van der Waals surface area contributed by atoms with Gasteiger partial charge in [0.25, 0.3) is 11.6 Å². The van der Waals surface area contributed by atoms with Crippen molar-refractivity contribution >= 4 is 33.2 Å². The van der Waals surface area contributed by atoms with Crippen molar-refractivity contribution in [3.8, 4) is 5.75 Å². The summed E-state index contributed by atoms with van der Waals surface area (Å²) in [6, 6.07) is 8.38. The molecule has 2 aromatic rings. The summed E-state index contributed by atoms with van der Waals surface area (Å²) in [5.74, 6) is -0.303. The molecule has 0 bridgehead atoms. The quantitative estimate of drug-likeness (QED) is 0.587. The van der Waals surface area contributed by atoms with Crippen molar-refractivity contribution in [1.82, 2.24) is 0 Å². The monoisotopic (exact) mass is 394 g/mol. The van der Waals surface area contributed by atoms with Crippen LogP contribution in [-0.2, 0) is 11.2 Å². The number of non-ortho nitro benzene ring substituents is 1. The molecule has 0 unspecified atom stereocenters. The van der Waals surface area contributed by atoms with Gasteiger partial charge in [0.2, 0.25) is 0 Å². The zero-order chi connectivity index (χ0) is 17.3. The number of hydrogen-bond acceptors (Lipinski definition) is 4. The Bertz CT molecular complexity index is 828. The van der Waals surface area contributed by atoms with Crippen molar-refractivity contribution in [3.63, 3.8) is 0 Å². The Morgan fingerprint density at radius 2 is 2.12 bits per heavy atom. The molecule has 0 spiro atoms. The number of ether oxygens (including phenoxy) is 1. The maximum Gasteiger partial charge on any atom is 0.269 e. The van der Waals surface area contributed by atoms with Gasteiger partial charge in [0.15, 0.2) is 6.61 Å². The number of nitro groups is 1. The van der Waals surface area contributed by atoms with E-state index in [1.165, 1.54) is 35.2 Å². The first-order valence-electron chi connectivity index (χ1n) is 7.11. The predicted octanol–water partition coefficient (Wildman–Crippen LogP) is 3.46. The van der Waals surface area contributed by atoms with E-state index >= 15 is 0 Å². The number of carbonyl (C=O) groups is 1. The minimum atomic E-state index is -0.458. The standard InChI is InChI=1S/C16H12BrFN2O4/c17-13-8-11(18)1-4-15(13)24-9-16(21)19-6-5-10-7-12(20(22)23)2-3-14(10)19/h1-4,7-8H,5-6,9H2. The minimum absolute atomic E-state index is 0.00883. The molecule has 1 aliphatic heterocycles. The molecule has 1 heterocycles. The van der Waals surface area contributed by atoms with E-state index in [-0.39, 0.29) is 18.2 Å². The summed E-state index contributed by atoms with van der Waals surface area (Å²) in [5.41, 5.74) is 1.43. The summed E-state index contributed by atoms with van der Waals surface area (Å²) in [4.78, 5) is 24.2. The average Bonchev–Trinajstić information content (AvgIpc) is 2.96. The minimum Gasteiger partial charge on any atom is -0.483 e. The van der Waals surface area contributed by atoms with Gasteiger partial charge in [-0.25, -0.2) is 4.39 Å². The van der Waals surface area contributed by atoms with Crippen LogP contribution in [0.25, 0.3) is 0 Å². The zero-order valence-corrected chi connectivity index (χ0v) is 14.0. The number of carbonyl (C=O) groups excluding carboxylic acids is 1. The fourth-order valence-electron chi connectivity index (χ4n) is 2.57. The number of halogens is 2. The average molecular weight is 395 g/mol. The molecule has 0 fully saturated rings. The summed E-state index contributed by atoms with van der Waals surface area (Å²) < 4.78 is 18.9. The van der Waals surface area contributed by atoms with Crippen LogP contribution in [0.5, 0.6) is 5.75 Å². The molecule has 1 aliphatic rings. The first kappa shape index (κ1) is 16.4. The molecule has 6 nitrogen and oxygen atoms in total. The molecule has 0 saturated carbocycles. The van der Waals surface area contributed by atoms with Crippen molar-refractivity contribution in [2.24, 2.45) is 0 Å². The maximum atomic E-state index is 13.0. The highest BCUT2D eigenvalue weighted by Crippen LogP contribution is 2.31. The highest BCUT2D eigenvalue weighted by atomic mass is 79.9. The summed E-state index contributed by atoms with van der Waals surface area (Å²) in [6.07, 6.45) is 0.559. The second-order valence-corrected chi connectivity index (χ2v) is 6.08. The molecule has 2 aromatic carbocycles. The van der Waals surface area contributed by atoms with Crippen LogP contribution in [0.4, 0.5) is 15.8 Å². The van der Waals surface area contributed by atoms with E-state index in [1.807, 2.05) is 0 Å². The van der Waals surface area contributed by atoms with Gasteiger partial charge in [0, 0.05) is 24.4 Å². The largest absolute Gasteiger partial charge is 0.483 e. The Balaban J connectivity index is 1.70. The Kier molecular flexibility index (Phi) is 4.48. The van der Waals surface area contributed by atoms with Gasteiger partial charge >= 0.3 is 0 Å². The lowest BCUT2D eigenvalue weighted by molar-refractivity contribution is -0.384. The fourth-order valence-corrected chi connectivity index (χ4v) is 3.04. The second-order valence-electron chi connectivity index (χ2n) is 5.23. The van der Waals surface area contributed by atoms with E-state index in [4.69, 9.17) is 4.74 Å². The molecule has 3 rings (SSSR count). The molecule has 0 N–H and O–H groups in total. The van der Waals surface area contributed by atoms with Gasteiger partial charge in [-0.2, -0.15) is 0 Å². The van der Waals surface area contributed by atoms with Gasteiger partial charge in [-0.15, -0.1) is 0 Å².